The van der Waals surface area contributed by atoms with Crippen LogP contribution in [0.5, 0.6) is 5.75 Å². The minimum atomic E-state index is -4.19. The van der Waals surface area contributed by atoms with Crippen molar-refractivity contribution in [3.63, 3.8) is 0 Å². The van der Waals surface area contributed by atoms with E-state index in [1.165, 1.54) is 17.0 Å². The summed E-state index contributed by atoms with van der Waals surface area (Å²) in [4.78, 5) is 30.1. The van der Waals surface area contributed by atoms with Crippen LogP contribution in [0.25, 0.3) is 0 Å². The van der Waals surface area contributed by atoms with Crippen molar-refractivity contribution in [1.82, 2.24) is 10.2 Å². The van der Waals surface area contributed by atoms with E-state index in [1.807, 2.05) is 82.3 Å². The number of sulfonamides is 1. The summed E-state index contributed by atoms with van der Waals surface area (Å²) < 4.78 is 35.0. The van der Waals surface area contributed by atoms with Crippen molar-refractivity contribution in [2.75, 3.05) is 17.5 Å². The Kier molecular flexibility index (Phi) is 12.0. The van der Waals surface area contributed by atoms with E-state index in [4.69, 9.17) is 4.74 Å². The second kappa shape index (κ2) is 16.1. The summed E-state index contributed by atoms with van der Waals surface area (Å²) in [5.74, 6) is -0.244. The summed E-state index contributed by atoms with van der Waals surface area (Å²) in [6, 6.07) is 30.9. The van der Waals surface area contributed by atoms with Gasteiger partial charge in [0.2, 0.25) is 11.8 Å². The maximum atomic E-state index is 14.6. The van der Waals surface area contributed by atoms with Crippen LogP contribution in [0.4, 0.5) is 5.69 Å². The van der Waals surface area contributed by atoms with Crippen LogP contribution in [0, 0.1) is 6.92 Å². The first-order valence-corrected chi connectivity index (χ1v) is 17.1. The molecule has 0 saturated heterocycles. The van der Waals surface area contributed by atoms with Gasteiger partial charge in [-0.05, 0) is 80.3 Å². The number of aryl methyl sites for hydroxylation is 1. The molecule has 0 aliphatic rings. The molecule has 0 heterocycles. The van der Waals surface area contributed by atoms with Crippen molar-refractivity contribution in [1.29, 1.82) is 0 Å². The molecule has 46 heavy (non-hydrogen) atoms. The van der Waals surface area contributed by atoms with Crippen LogP contribution >= 0.6 is 0 Å². The summed E-state index contributed by atoms with van der Waals surface area (Å²) in [7, 11) is -4.19. The van der Waals surface area contributed by atoms with E-state index >= 15 is 0 Å². The number of para-hydroxylation sites is 1. The predicted molar refractivity (Wildman–Crippen MR) is 182 cm³/mol. The van der Waals surface area contributed by atoms with E-state index in [1.54, 1.807) is 42.5 Å². The molecule has 9 heteroatoms. The number of hydrogen-bond donors (Lipinski definition) is 1. The summed E-state index contributed by atoms with van der Waals surface area (Å²) in [6.07, 6.45) is 0.982. The third-order valence-electron chi connectivity index (χ3n) is 7.92. The van der Waals surface area contributed by atoms with Gasteiger partial charge in [-0.3, -0.25) is 13.9 Å². The van der Waals surface area contributed by atoms with E-state index in [2.05, 4.69) is 5.32 Å². The third kappa shape index (κ3) is 8.75. The summed E-state index contributed by atoms with van der Waals surface area (Å²) in [6.45, 7) is 7.78. The fraction of sp³-hybridized carbons (Fsp3) is 0.297. The highest BCUT2D eigenvalue weighted by atomic mass is 32.2. The monoisotopic (exact) mass is 641 g/mol. The van der Waals surface area contributed by atoms with Crippen molar-refractivity contribution in [2.45, 2.75) is 64.1 Å². The van der Waals surface area contributed by atoms with E-state index < -0.39 is 28.5 Å². The molecule has 0 saturated carbocycles. The fourth-order valence-electron chi connectivity index (χ4n) is 5.09. The summed E-state index contributed by atoms with van der Waals surface area (Å²) in [5.41, 5.74) is 3.05. The molecule has 4 aromatic carbocycles. The zero-order chi connectivity index (χ0) is 33.1. The van der Waals surface area contributed by atoms with Crippen LogP contribution in [0.1, 0.15) is 43.9 Å². The summed E-state index contributed by atoms with van der Waals surface area (Å²) >= 11 is 0. The van der Waals surface area contributed by atoms with Crippen LogP contribution in [0.15, 0.2) is 114 Å². The highest BCUT2D eigenvalue weighted by Gasteiger charge is 2.35. The second-order valence-electron chi connectivity index (χ2n) is 11.2. The van der Waals surface area contributed by atoms with Crippen molar-refractivity contribution in [3.05, 3.63) is 126 Å². The maximum absolute atomic E-state index is 14.6. The van der Waals surface area contributed by atoms with Crippen molar-refractivity contribution in [2.24, 2.45) is 0 Å². The number of rotatable bonds is 15. The lowest BCUT2D eigenvalue weighted by atomic mass is 10.0. The van der Waals surface area contributed by atoms with Gasteiger partial charge in [0.1, 0.15) is 18.3 Å². The number of carbonyl (C=O) groups is 2. The summed E-state index contributed by atoms with van der Waals surface area (Å²) in [5, 5.41) is 3.07. The van der Waals surface area contributed by atoms with Crippen molar-refractivity contribution >= 4 is 27.5 Å². The number of ether oxygens (including phenoxy) is 1. The van der Waals surface area contributed by atoms with E-state index in [-0.39, 0.29) is 29.8 Å². The van der Waals surface area contributed by atoms with Gasteiger partial charge in [-0.2, -0.15) is 0 Å². The van der Waals surface area contributed by atoms with Gasteiger partial charge in [0.05, 0.1) is 17.2 Å². The average Bonchev–Trinajstić information content (AvgIpc) is 3.07. The molecule has 0 aliphatic carbocycles. The minimum absolute atomic E-state index is 0.0217. The van der Waals surface area contributed by atoms with Crippen LogP contribution < -0.4 is 14.4 Å². The molecule has 4 aromatic rings. The molecule has 0 radical (unpaired) electrons. The SMILES string of the molecule is CCOc1ccc(S(=O)(=O)N(CC(=O)N(Cc2ccccc2C)[C@H](Cc2ccccc2)C(=O)N[C@H](C)CC)c2ccccc2)cc1. The number of amides is 2. The Labute approximate surface area is 273 Å². The molecular formula is C37H43N3O5S. The molecule has 1 N–H and O–H groups in total. The Bertz CT molecular complexity index is 1680. The number of benzene rings is 4. The Hall–Kier alpha value is -4.63. The van der Waals surface area contributed by atoms with Crippen molar-refractivity contribution < 1.29 is 22.7 Å². The molecule has 2 amide bonds. The molecule has 4 rings (SSSR count). The topological polar surface area (TPSA) is 96.0 Å². The largest absolute Gasteiger partial charge is 0.494 e. The van der Waals surface area contributed by atoms with E-state index in [9.17, 15) is 18.0 Å². The lowest BCUT2D eigenvalue weighted by Crippen LogP contribution is -2.54. The molecule has 0 unspecified atom stereocenters. The van der Waals surface area contributed by atoms with Gasteiger partial charge in [0, 0.05) is 19.0 Å². The Morgan fingerprint density at radius 1 is 0.826 bits per heavy atom. The normalized spacial score (nSPS) is 12.5. The lowest BCUT2D eigenvalue weighted by molar-refractivity contribution is -0.140. The fourth-order valence-corrected chi connectivity index (χ4v) is 6.50. The molecule has 242 valence electrons. The minimum Gasteiger partial charge on any atom is -0.494 e. The van der Waals surface area contributed by atoms with Crippen LogP contribution in [0.3, 0.4) is 0 Å². The molecule has 0 spiro atoms. The average molecular weight is 642 g/mol. The van der Waals surface area contributed by atoms with Crippen LogP contribution in [-0.4, -0.2) is 50.4 Å². The molecule has 8 nitrogen and oxygen atoms in total. The Balaban J connectivity index is 1.79. The Morgan fingerprint density at radius 3 is 2.04 bits per heavy atom. The molecular weight excluding hydrogens is 598 g/mol. The van der Waals surface area contributed by atoms with Crippen LogP contribution in [0.2, 0.25) is 0 Å². The predicted octanol–water partition coefficient (Wildman–Crippen LogP) is 6.14. The molecule has 0 aliphatic heterocycles. The number of carbonyl (C=O) groups excluding carboxylic acids is 2. The van der Waals surface area contributed by atoms with E-state index in [0.29, 0.717) is 18.0 Å². The van der Waals surface area contributed by atoms with Crippen LogP contribution in [-0.2, 0) is 32.6 Å². The molecule has 0 fully saturated rings. The number of nitrogens with zero attached hydrogens (tertiary/aromatic N) is 2. The molecule has 2 atom stereocenters. The van der Waals surface area contributed by atoms with Gasteiger partial charge in [-0.25, -0.2) is 8.42 Å². The first-order valence-electron chi connectivity index (χ1n) is 15.6. The van der Waals surface area contributed by atoms with Gasteiger partial charge in [-0.1, -0.05) is 79.7 Å². The van der Waals surface area contributed by atoms with Crippen molar-refractivity contribution in [3.8, 4) is 5.75 Å². The number of nitrogens with one attached hydrogen (secondary N) is 1. The number of anilines is 1. The second-order valence-corrected chi connectivity index (χ2v) is 13.1. The Morgan fingerprint density at radius 2 is 1.43 bits per heavy atom. The van der Waals surface area contributed by atoms with Gasteiger partial charge in [-0.15, -0.1) is 0 Å². The standard InChI is InChI=1S/C37H43N3O5S/c1-5-29(4)38-37(42)35(25-30-16-9-7-10-17-30)39(26-31-18-14-13-15-28(31)3)36(41)27-40(32-19-11-8-12-20-32)46(43,44)34-23-21-33(22-24-34)45-6-2/h7-24,29,35H,5-6,25-27H2,1-4H3,(H,38,42)/t29-,35-/m1/s1. The first kappa shape index (κ1) is 34.2. The molecule has 0 aromatic heterocycles. The lowest BCUT2D eigenvalue weighted by Gasteiger charge is -2.34. The first-order chi connectivity index (χ1) is 22.1. The zero-order valence-electron chi connectivity index (χ0n) is 26.9. The quantitative estimate of drug-likeness (QED) is 0.168. The van der Waals surface area contributed by atoms with Gasteiger partial charge in [0.25, 0.3) is 10.0 Å². The maximum Gasteiger partial charge on any atom is 0.264 e. The molecule has 0 bridgehead atoms. The zero-order valence-corrected chi connectivity index (χ0v) is 27.7. The third-order valence-corrected chi connectivity index (χ3v) is 9.71. The smallest absolute Gasteiger partial charge is 0.264 e. The number of hydrogen-bond acceptors (Lipinski definition) is 5. The van der Waals surface area contributed by atoms with Gasteiger partial charge < -0.3 is 15.0 Å². The van der Waals surface area contributed by atoms with E-state index in [0.717, 1.165) is 27.4 Å². The van der Waals surface area contributed by atoms with Gasteiger partial charge in [0.15, 0.2) is 0 Å². The highest BCUT2D eigenvalue weighted by Crippen LogP contribution is 2.26. The highest BCUT2D eigenvalue weighted by molar-refractivity contribution is 7.92. The van der Waals surface area contributed by atoms with Gasteiger partial charge >= 0.3 is 0 Å².